The molecule has 1 aliphatic heterocycles. The van der Waals surface area contributed by atoms with E-state index in [1.807, 2.05) is 24.3 Å². The van der Waals surface area contributed by atoms with Gasteiger partial charge in [0.25, 0.3) is 0 Å². The van der Waals surface area contributed by atoms with E-state index < -0.39 is 11.9 Å². The van der Waals surface area contributed by atoms with E-state index in [2.05, 4.69) is 31.2 Å². The number of likely N-dealkylation sites (tertiary alicyclic amines) is 1. The molecule has 2 aromatic rings. The molecule has 3 atom stereocenters. The highest BCUT2D eigenvalue weighted by Crippen LogP contribution is 2.52. The summed E-state index contributed by atoms with van der Waals surface area (Å²) in [6.07, 6.45) is 4.71. The SMILES string of the molecule is CCC1CCCCC12CN(C(=O)OCC1c3ccccc3-c3ccccc31)CC2C(=O)O. The van der Waals surface area contributed by atoms with Crippen LogP contribution in [-0.4, -0.2) is 41.8 Å². The number of hydrogen-bond donors (Lipinski definition) is 1. The first-order valence-corrected chi connectivity index (χ1v) is 11.9. The minimum atomic E-state index is -0.778. The van der Waals surface area contributed by atoms with Gasteiger partial charge in [-0.1, -0.05) is 74.7 Å². The molecule has 5 nitrogen and oxygen atoms in total. The van der Waals surface area contributed by atoms with Crippen LogP contribution in [0, 0.1) is 17.3 Å². The van der Waals surface area contributed by atoms with Crippen molar-refractivity contribution in [3.63, 3.8) is 0 Å². The lowest BCUT2D eigenvalue weighted by Crippen LogP contribution is -2.43. The third-order valence-corrected chi connectivity index (χ3v) is 8.23. The molecule has 1 spiro atoms. The van der Waals surface area contributed by atoms with Crippen LogP contribution in [0.3, 0.4) is 0 Å². The zero-order chi connectivity index (χ0) is 22.3. The van der Waals surface area contributed by atoms with Crippen molar-refractivity contribution >= 4 is 12.1 Å². The average molecular weight is 434 g/mol. The van der Waals surface area contributed by atoms with Crippen LogP contribution in [-0.2, 0) is 9.53 Å². The van der Waals surface area contributed by atoms with Crippen LogP contribution in [0.4, 0.5) is 4.79 Å². The van der Waals surface area contributed by atoms with E-state index in [1.54, 1.807) is 4.90 Å². The van der Waals surface area contributed by atoms with Gasteiger partial charge in [-0.3, -0.25) is 4.79 Å². The van der Waals surface area contributed by atoms with Crippen molar-refractivity contribution < 1.29 is 19.4 Å². The predicted molar refractivity (Wildman–Crippen MR) is 122 cm³/mol. The average Bonchev–Trinajstić information content (AvgIpc) is 3.35. The lowest BCUT2D eigenvalue weighted by atomic mass is 9.60. The summed E-state index contributed by atoms with van der Waals surface area (Å²) in [5.41, 5.74) is 4.44. The molecule has 3 aliphatic rings. The molecule has 1 saturated carbocycles. The molecule has 0 radical (unpaired) electrons. The summed E-state index contributed by atoms with van der Waals surface area (Å²) in [5, 5.41) is 9.99. The molecule has 168 valence electrons. The highest BCUT2D eigenvalue weighted by atomic mass is 16.6. The lowest BCUT2D eigenvalue weighted by Gasteiger charge is -2.43. The molecule has 2 aliphatic carbocycles. The summed E-state index contributed by atoms with van der Waals surface area (Å²) in [6.45, 7) is 3.17. The van der Waals surface area contributed by atoms with Crippen molar-refractivity contribution in [1.82, 2.24) is 4.90 Å². The first kappa shape index (κ1) is 21.0. The molecule has 2 fully saturated rings. The van der Waals surface area contributed by atoms with Crippen LogP contribution in [0.2, 0.25) is 0 Å². The van der Waals surface area contributed by atoms with Crippen LogP contribution in [0.5, 0.6) is 0 Å². The zero-order valence-electron chi connectivity index (χ0n) is 18.6. The molecule has 1 heterocycles. The molecule has 32 heavy (non-hydrogen) atoms. The number of carbonyl (C=O) groups is 2. The van der Waals surface area contributed by atoms with Gasteiger partial charge in [0.05, 0.1) is 5.92 Å². The van der Waals surface area contributed by atoms with Crippen molar-refractivity contribution in [1.29, 1.82) is 0 Å². The quantitative estimate of drug-likeness (QED) is 0.688. The van der Waals surface area contributed by atoms with E-state index >= 15 is 0 Å². The van der Waals surface area contributed by atoms with Gasteiger partial charge in [-0.15, -0.1) is 0 Å². The standard InChI is InChI=1S/C27H31NO4/c1-2-18-9-7-8-14-27(18)17-28(15-24(27)25(29)30)26(31)32-16-23-21-12-5-3-10-19(21)20-11-4-6-13-22(20)23/h3-6,10-13,18,23-24H,2,7-9,14-17H2,1H3,(H,29,30). The number of hydrogen-bond acceptors (Lipinski definition) is 3. The van der Waals surface area contributed by atoms with Gasteiger partial charge in [-0.25, -0.2) is 4.79 Å². The van der Waals surface area contributed by atoms with Gasteiger partial charge in [0.2, 0.25) is 0 Å². The van der Waals surface area contributed by atoms with Crippen molar-refractivity contribution in [2.45, 2.75) is 44.9 Å². The highest BCUT2D eigenvalue weighted by molar-refractivity contribution is 5.79. The highest BCUT2D eigenvalue weighted by Gasteiger charge is 2.55. The molecule has 1 N–H and O–H groups in total. The summed E-state index contributed by atoms with van der Waals surface area (Å²) in [5.74, 6) is -0.924. The molecule has 1 amide bonds. The van der Waals surface area contributed by atoms with Crippen molar-refractivity contribution in [3.05, 3.63) is 59.7 Å². The molecule has 5 heteroatoms. The summed E-state index contributed by atoms with van der Waals surface area (Å²) in [4.78, 5) is 27.0. The molecular weight excluding hydrogens is 402 g/mol. The summed E-state index contributed by atoms with van der Waals surface area (Å²) < 4.78 is 5.85. The van der Waals surface area contributed by atoms with Gasteiger partial charge in [0.1, 0.15) is 6.61 Å². The number of carboxylic acid groups (broad SMARTS) is 1. The Balaban J connectivity index is 1.34. The third-order valence-electron chi connectivity index (χ3n) is 8.23. The number of nitrogens with zero attached hydrogens (tertiary/aromatic N) is 1. The molecule has 1 saturated heterocycles. The minimum Gasteiger partial charge on any atom is -0.481 e. The summed E-state index contributed by atoms with van der Waals surface area (Å²) >= 11 is 0. The zero-order valence-corrected chi connectivity index (χ0v) is 18.6. The maximum atomic E-state index is 13.1. The molecule has 0 bridgehead atoms. The second-order valence-corrected chi connectivity index (χ2v) is 9.66. The Labute approximate surface area is 189 Å². The van der Waals surface area contributed by atoms with Crippen LogP contribution < -0.4 is 0 Å². The molecular formula is C27H31NO4. The van der Waals surface area contributed by atoms with Gasteiger partial charge in [0.15, 0.2) is 0 Å². The Bertz CT molecular complexity index is 988. The van der Waals surface area contributed by atoms with Gasteiger partial charge in [-0.05, 0) is 41.0 Å². The fraction of sp³-hybridized carbons (Fsp3) is 0.481. The summed E-state index contributed by atoms with van der Waals surface area (Å²) in [6, 6.07) is 16.6. The largest absolute Gasteiger partial charge is 0.481 e. The molecule has 5 rings (SSSR count). The maximum Gasteiger partial charge on any atom is 0.409 e. The minimum absolute atomic E-state index is 0.0104. The number of carbonyl (C=O) groups excluding carboxylic acids is 1. The van der Waals surface area contributed by atoms with E-state index in [9.17, 15) is 14.7 Å². The second-order valence-electron chi connectivity index (χ2n) is 9.66. The van der Waals surface area contributed by atoms with Gasteiger partial charge in [0, 0.05) is 24.4 Å². The number of fused-ring (bicyclic) bond motifs is 3. The molecule has 0 aromatic heterocycles. The number of aliphatic carboxylic acids is 1. The van der Waals surface area contributed by atoms with Crippen LogP contribution in [0.25, 0.3) is 11.1 Å². The predicted octanol–water partition coefficient (Wildman–Crippen LogP) is 5.54. The Kier molecular flexibility index (Phi) is 5.44. The van der Waals surface area contributed by atoms with Crippen LogP contribution >= 0.6 is 0 Å². The fourth-order valence-electron chi connectivity index (χ4n) is 6.69. The third kappa shape index (κ3) is 3.30. The first-order valence-electron chi connectivity index (χ1n) is 11.9. The summed E-state index contributed by atoms with van der Waals surface area (Å²) in [7, 11) is 0. The van der Waals surface area contributed by atoms with Crippen molar-refractivity contribution in [2.24, 2.45) is 17.3 Å². The molecule has 2 aromatic carbocycles. The Morgan fingerprint density at radius 1 is 1.06 bits per heavy atom. The van der Waals surface area contributed by atoms with Crippen LogP contribution in [0.1, 0.15) is 56.1 Å². The number of benzene rings is 2. The monoisotopic (exact) mass is 433 g/mol. The Morgan fingerprint density at radius 2 is 1.72 bits per heavy atom. The van der Waals surface area contributed by atoms with Gasteiger partial charge in [-0.2, -0.15) is 0 Å². The number of amides is 1. The first-order chi connectivity index (χ1) is 15.5. The van der Waals surface area contributed by atoms with E-state index in [1.165, 1.54) is 22.3 Å². The Hall–Kier alpha value is -2.82. The van der Waals surface area contributed by atoms with E-state index in [-0.39, 0.29) is 30.6 Å². The van der Waals surface area contributed by atoms with E-state index in [4.69, 9.17) is 4.74 Å². The van der Waals surface area contributed by atoms with Gasteiger partial charge < -0.3 is 14.7 Å². The van der Waals surface area contributed by atoms with Crippen LogP contribution in [0.15, 0.2) is 48.5 Å². The second kappa shape index (κ2) is 8.27. The smallest absolute Gasteiger partial charge is 0.409 e. The molecule has 3 unspecified atom stereocenters. The lowest BCUT2D eigenvalue weighted by molar-refractivity contribution is -0.147. The number of ether oxygens (including phenoxy) is 1. The van der Waals surface area contributed by atoms with Crippen molar-refractivity contribution in [2.75, 3.05) is 19.7 Å². The normalized spacial score (nSPS) is 26.7. The van der Waals surface area contributed by atoms with Gasteiger partial charge >= 0.3 is 12.1 Å². The van der Waals surface area contributed by atoms with E-state index in [0.29, 0.717) is 12.5 Å². The number of carboxylic acids is 1. The van der Waals surface area contributed by atoms with Crippen molar-refractivity contribution in [3.8, 4) is 11.1 Å². The fourth-order valence-corrected chi connectivity index (χ4v) is 6.69. The topological polar surface area (TPSA) is 66.8 Å². The maximum absolute atomic E-state index is 13.1. The number of rotatable bonds is 4. The van der Waals surface area contributed by atoms with E-state index in [0.717, 1.165) is 32.1 Å². The Morgan fingerprint density at radius 3 is 2.34 bits per heavy atom.